The van der Waals surface area contributed by atoms with Crippen molar-refractivity contribution < 1.29 is 14.7 Å². The van der Waals surface area contributed by atoms with Crippen LogP contribution in [0.1, 0.15) is 33.0 Å². The van der Waals surface area contributed by atoms with E-state index < -0.39 is 11.9 Å². The van der Waals surface area contributed by atoms with E-state index in [9.17, 15) is 14.7 Å². The molecule has 24 heavy (non-hydrogen) atoms. The van der Waals surface area contributed by atoms with Crippen LogP contribution in [0.15, 0.2) is 48.5 Å². The van der Waals surface area contributed by atoms with E-state index in [1.54, 1.807) is 4.90 Å². The fourth-order valence-corrected chi connectivity index (χ4v) is 3.39. The Balaban J connectivity index is 1.89. The second-order valence-corrected chi connectivity index (χ2v) is 6.49. The zero-order valence-corrected chi connectivity index (χ0v) is 13.9. The van der Waals surface area contributed by atoms with Crippen molar-refractivity contribution in [3.63, 3.8) is 0 Å². The lowest BCUT2D eigenvalue weighted by Crippen LogP contribution is -2.30. The molecule has 1 amide bonds. The van der Waals surface area contributed by atoms with Gasteiger partial charge in [0.05, 0.1) is 5.92 Å². The topological polar surface area (TPSA) is 57.6 Å². The van der Waals surface area contributed by atoms with Crippen molar-refractivity contribution in [3.05, 3.63) is 70.8 Å². The largest absolute Gasteiger partial charge is 0.481 e. The molecule has 1 fully saturated rings. The van der Waals surface area contributed by atoms with Crippen LogP contribution in [0.2, 0.25) is 0 Å². The third kappa shape index (κ3) is 3.04. The van der Waals surface area contributed by atoms with Crippen molar-refractivity contribution in [2.75, 3.05) is 13.1 Å². The van der Waals surface area contributed by atoms with Gasteiger partial charge in [-0.15, -0.1) is 0 Å². The molecule has 0 aliphatic carbocycles. The van der Waals surface area contributed by atoms with Crippen LogP contribution in [0.25, 0.3) is 0 Å². The van der Waals surface area contributed by atoms with E-state index in [1.807, 2.05) is 62.4 Å². The normalized spacial score (nSPS) is 20.2. The van der Waals surface area contributed by atoms with E-state index in [0.29, 0.717) is 12.1 Å². The quantitative estimate of drug-likeness (QED) is 0.943. The molecule has 0 unspecified atom stereocenters. The summed E-state index contributed by atoms with van der Waals surface area (Å²) in [4.78, 5) is 26.2. The maximum atomic E-state index is 12.9. The average molecular weight is 323 g/mol. The van der Waals surface area contributed by atoms with Crippen LogP contribution in [0.5, 0.6) is 0 Å². The van der Waals surface area contributed by atoms with Crippen molar-refractivity contribution in [3.8, 4) is 0 Å². The fourth-order valence-electron chi connectivity index (χ4n) is 3.39. The van der Waals surface area contributed by atoms with Gasteiger partial charge in [-0.2, -0.15) is 0 Å². The Kier molecular flexibility index (Phi) is 4.38. The van der Waals surface area contributed by atoms with Crippen LogP contribution >= 0.6 is 0 Å². The lowest BCUT2D eigenvalue weighted by Gasteiger charge is -2.18. The molecular weight excluding hydrogens is 302 g/mol. The summed E-state index contributed by atoms with van der Waals surface area (Å²) in [5, 5.41) is 9.58. The second-order valence-electron chi connectivity index (χ2n) is 6.49. The summed E-state index contributed by atoms with van der Waals surface area (Å²) < 4.78 is 0. The Bertz CT molecular complexity index is 770. The number of benzene rings is 2. The standard InChI is InChI=1S/C20H21NO3/c1-13-8-9-14(2)16(10-13)19(22)21-11-17(18(12-21)20(23)24)15-6-4-3-5-7-15/h3-10,17-18H,11-12H2,1-2H3,(H,23,24)/t17-,18-/m0/s1. The molecule has 2 aromatic carbocycles. The summed E-state index contributed by atoms with van der Waals surface area (Å²) in [6, 6.07) is 15.4. The first-order valence-electron chi connectivity index (χ1n) is 8.11. The number of rotatable bonds is 3. The van der Waals surface area contributed by atoms with E-state index in [0.717, 1.165) is 16.7 Å². The van der Waals surface area contributed by atoms with Crippen LogP contribution in [-0.2, 0) is 4.79 Å². The number of aryl methyl sites for hydroxylation is 2. The molecule has 4 heteroatoms. The molecule has 2 aromatic rings. The molecule has 1 aliphatic heterocycles. The van der Waals surface area contributed by atoms with Crippen LogP contribution < -0.4 is 0 Å². The third-order valence-corrected chi connectivity index (χ3v) is 4.78. The molecule has 2 atom stereocenters. The third-order valence-electron chi connectivity index (χ3n) is 4.78. The minimum Gasteiger partial charge on any atom is -0.481 e. The smallest absolute Gasteiger partial charge is 0.308 e. The van der Waals surface area contributed by atoms with Gasteiger partial charge in [0.1, 0.15) is 0 Å². The molecule has 0 spiro atoms. The Hall–Kier alpha value is -2.62. The summed E-state index contributed by atoms with van der Waals surface area (Å²) >= 11 is 0. The van der Waals surface area contributed by atoms with E-state index >= 15 is 0 Å². The number of carbonyl (C=O) groups is 2. The predicted molar refractivity (Wildman–Crippen MR) is 92.1 cm³/mol. The molecule has 1 heterocycles. The number of likely N-dealkylation sites (tertiary alicyclic amines) is 1. The molecule has 3 rings (SSSR count). The van der Waals surface area contributed by atoms with Gasteiger partial charge in [-0.1, -0.05) is 48.0 Å². The monoisotopic (exact) mass is 323 g/mol. The Morgan fingerprint density at radius 2 is 1.75 bits per heavy atom. The predicted octanol–water partition coefficient (Wildman–Crippen LogP) is 3.24. The minimum atomic E-state index is -0.847. The van der Waals surface area contributed by atoms with Crippen molar-refractivity contribution in [1.82, 2.24) is 4.90 Å². The van der Waals surface area contributed by atoms with Crippen molar-refractivity contribution in [2.24, 2.45) is 5.92 Å². The van der Waals surface area contributed by atoms with Gasteiger partial charge in [0.15, 0.2) is 0 Å². The summed E-state index contributed by atoms with van der Waals surface area (Å²) in [5.41, 5.74) is 3.58. The zero-order valence-electron chi connectivity index (χ0n) is 13.9. The number of hydrogen-bond acceptors (Lipinski definition) is 2. The van der Waals surface area contributed by atoms with E-state index in [1.165, 1.54) is 0 Å². The highest BCUT2D eigenvalue weighted by Gasteiger charge is 2.40. The Labute approximate surface area is 141 Å². The number of amides is 1. The molecule has 0 aromatic heterocycles. The number of nitrogens with zero attached hydrogens (tertiary/aromatic N) is 1. The average Bonchev–Trinajstić information content (AvgIpc) is 3.03. The summed E-state index contributed by atoms with van der Waals surface area (Å²) in [5.74, 6) is -1.67. The van der Waals surface area contributed by atoms with Crippen molar-refractivity contribution in [1.29, 1.82) is 0 Å². The molecule has 0 saturated carbocycles. The fraction of sp³-hybridized carbons (Fsp3) is 0.300. The molecule has 1 N–H and O–H groups in total. The second kappa shape index (κ2) is 6.48. The minimum absolute atomic E-state index is 0.0825. The number of hydrogen-bond donors (Lipinski definition) is 1. The Morgan fingerprint density at radius 3 is 2.42 bits per heavy atom. The lowest BCUT2D eigenvalue weighted by atomic mass is 9.89. The molecule has 124 valence electrons. The number of carboxylic acids is 1. The van der Waals surface area contributed by atoms with Gasteiger partial charge in [-0.3, -0.25) is 9.59 Å². The summed E-state index contributed by atoms with van der Waals surface area (Å²) in [6.07, 6.45) is 0. The van der Waals surface area contributed by atoms with Gasteiger partial charge in [0, 0.05) is 24.6 Å². The van der Waals surface area contributed by atoms with Crippen LogP contribution in [0.4, 0.5) is 0 Å². The Morgan fingerprint density at radius 1 is 1.04 bits per heavy atom. The highest BCUT2D eigenvalue weighted by atomic mass is 16.4. The number of aliphatic carboxylic acids is 1. The van der Waals surface area contributed by atoms with Gasteiger partial charge in [-0.25, -0.2) is 0 Å². The van der Waals surface area contributed by atoms with E-state index in [2.05, 4.69) is 0 Å². The maximum absolute atomic E-state index is 12.9. The van der Waals surface area contributed by atoms with Gasteiger partial charge < -0.3 is 10.0 Å². The summed E-state index contributed by atoms with van der Waals surface area (Å²) in [6.45, 7) is 4.55. The molecule has 0 radical (unpaired) electrons. The summed E-state index contributed by atoms with van der Waals surface area (Å²) in [7, 11) is 0. The SMILES string of the molecule is Cc1ccc(C)c(C(=O)N2C[C@H](C(=O)O)[C@H](c3ccccc3)C2)c1. The molecular formula is C20H21NO3. The zero-order chi connectivity index (χ0) is 17.3. The van der Waals surface area contributed by atoms with Crippen LogP contribution in [-0.4, -0.2) is 35.0 Å². The van der Waals surface area contributed by atoms with Gasteiger partial charge in [-0.05, 0) is 31.0 Å². The van der Waals surface area contributed by atoms with Gasteiger partial charge >= 0.3 is 5.97 Å². The van der Waals surface area contributed by atoms with E-state index in [4.69, 9.17) is 0 Å². The first-order chi connectivity index (χ1) is 11.5. The van der Waals surface area contributed by atoms with Crippen LogP contribution in [0, 0.1) is 19.8 Å². The van der Waals surface area contributed by atoms with Gasteiger partial charge in [0.2, 0.25) is 0 Å². The molecule has 1 aliphatic rings. The first kappa shape index (κ1) is 16.2. The number of carbonyl (C=O) groups excluding carboxylic acids is 1. The van der Waals surface area contributed by atoms with Gasteiger partial charge in [0.25, 0.3) is 5.91 Å². The van der Waals surface area contributed by atoms with Crippen molar-refractivity contribution >= 4 is 11.9 Å². The highest BCUT2D eigenvalue weighted by molar-refractivity contribution is 5.96. The molecule has 1 saturated heterocycles. The highest BCUT2D eigenvalue weighted by Crippen LogP contribution is 2.34. The first-order valence-corrected chi connectivity index (χ1v) is 8.11. The molecule has 4 nitrogen and oxygen atoms in total. The lowest BCUT2D eigenvalue weighted by molar-refractivity contribution is -0.141. The number of carboxylic acid groups (broad SMARTS) is 1. The molecule has 0 bridgehead atoms. The van der Waals surface area contributed by atoms with Crippen LogP contribution in [0.3, 0.4) is 0 Å². The van der Waals surface area contributed by atoms with Crippen molar-refractivity contribution in [2.45, 2.75) is 19.8 Å². The maximum Gasteiger partial charge on any atom is 0.308 e. The van der Waals surface area contributed by atoms with E-state index in [-0.39, 0.29) is 18.4 Å².